The van der Waals surface area contributed by atoms with E-state index in [9.17, 15) is 9.59 Å². The number of carbonyl (C=O) groups is 2. The van der Waals surface area contributed by atoms with Crippen molar-refractivity contribution in [1.82, 2.24) is 4.90 Å². The smallest absolute Gasteiger partial charge is 0.321 e. The molecule has 0 radical (unpaired) electrons. The first-order valence-electron chi connectivity index (χ1n) is 9.37. The van der Waals surface area contributed by atoms with E-state index < -0.39 is 0 Å². The monoisotopic (exact) mass is 366 g/mol. The van der Waals surface area contributed by atoms with Crippen LogP contribution in [0.1, 0.15) is 30.1 Å². The van der Waals surface area contributed by atoms with Crippen LogP contribution in [0.3, 0.4) is 0 Å². The van der Waals surface area contributed by atoms with Gasteiger partial charge in [-0.25, -0.2) is 4.79 Å². The third-order valence-electron chi connectivity index (χ3n) is 4.76. The summed E-state index contributed by atoms with van der Waals surface area (Å²) in [6, 6.07) is 16.5. The number of nitrogens with zero attached hydrogens (tertiary/aromatic N) is 2. The molecule has 1 aliphatic heterocycles. The zero-order chi connectivity index (χ0) is 19.2. The van der Waals surface area contributed by atoms with Crippen molar-refractivity contribution in [3.63, 3.8) is 0 Å². The second-order valence-electron chi connectivity index (χ2n) is 6.74. The Kier molecular flexibility index (Phi) is 6.08. The van der Waals surface area contributed by atoms with Gasteiger partial charge in [0, 0.05) is 42.6 Å². The topological polar surface area (TPSA) is 78.7 Å². The van der Waals surface area contributed by atoms with Crippen LogP contribution >= 0.6 is 0 Å². The molecule has 27 heavy (non-hydrogen) atoms. The molecule has 6 heteroatoms. The summed E-state index contributed by atoms with van der Waals surface area (Å²) in [5.74, 6) is -0.0661. The van der Waals surface area contributed by atoms with Crippen LogP contribution in [0, 0.1) is 0 Å². The van der Waals surface area contributed by atoms with E-state index in [-0.39, 0.29) is 18.0 Å². The minimum absolute atomic E-state index is 0.0440. The van der Waals surface area contributed by atoms with Gasteiger partial charge >= 0.3 is 6.03 Å². The van der Waals surface area contributed by atoms with Crippen molar-refractivity contribution < 1.29 is 9.59 Å². The SMILES string of the molecule is CCN(C(=O)c1ccc(NC(=O)N2CCCC(N)C2)cc1)c1ccccc1. The molecule has 2 aromatic rings. The van der Waals surface area contributed by atoms with Gasteiger partial charge in [0.25, 0.3) is 5.91 Å². The van der Waals surface area contributed by atoms with Gasteiger partial charge in [-0.15, -0.1) is 0 Å². The molecule has 0 spiro atoms. The minimum atomic E-state index is -0.149. The maximum absolute atomic E-state index is 12.8. The summed E-state index contributed by atoms with van der Waals surface area (Å²) >= 11 is 0. The normalized spacial score (nSPS) is 16.7. The van der Waals surface area contributed by atoms with E-state index in [0.29, 0.717) is 24.3 Å². The molecule has 0 aromatic heterocycles. The van der Waals surface area contributed by atoms with Gasteiger partial charge < -0.3 is 20.9 Å². The zero-order valence-corrected chi connectivity index (χ0v) is 15.6. The van der Waals surface area contributed by atoms with Crippen molar-refractivity contribution in [2.45, 2.75) is 25.8 Å². The number of piperidine rings is 1. The number of benzene rings is 2. The van der Waals surface area contributed by atoms with Gasteiger partial charge in [0.05, 0.1) is 0 Å². The van der Waals surface area contributed by atoms with E-state index in [4.69, 9.17) is 5.73 Å². The largest absolute Gasteiger partial charge is 0.326 e. The molecular formula is C21H26N4O2. The molecular weight excluding hydrogens is 340 g/mol. The van der Waals surface area contributed by atoms with Gasteiger partial charge in [0.2, 0.25) is 0 Å². The molecule has 0 bridgehead atoms. The number of amides is 3. The van der Waals surface area contributed by atoms with Crippen molar-refractivity contribution in [3.8, 4) is 0 Å². The highest BCUT2D eigenvalue weighted by Crippen LogP contribution is 2.18. The summed E-state index contributed by atoms with van der Waals surface area (Å²) in [5, 5.41) is 2.88. The zero-order valence-electron chi connectivity index (χ0n) is 15.6. The van der Waals surface area contributed by atoms with Crippen molar-refractivity contribution in [2.24, 2.45) is 5.73 Å². The van der Waals surface area contributed by atoms with Crippen molar-refractivity contribution in [2.75, 3.05) is 29.9 Å². The van der Waals surface area contributed by atoms with Crippen molar-refractivity contribution in [3.05, 3.63) is 60.2 Å². The van der Waals surface area contributed by atoms with Crippen LogP contribution in [0.2, 0.25) is 0 Å². The Morgan fingerprint density at radius 2 is 1.85 bits per heavy atom. The number of hydrogen-bond acceptors (Lipinski definition) is 3. The Morgan fingerprint density at radius 3 is 2.48 bits per heavy atom. The van der Waals surface area contributed by atoms with E-state index in [1.54, 1.807) is 34.1 Å². The van der Waals surface area contributed by atoms with E-state index in [0.717, 1.165) is 25.1 Å². The highest BCUT2D eigenvalue weighted by Gasteiger charge is 2.21. The van der Waals surface area contributed by atoms with Crippen molar-refractivity contribution in [1.29, 1.82) is 0 Å². The molecule has 3 N–H and O–H groups in total. The van der Waals surface area contributed by atoms with Gasteiger partial charge in [-0.1, -0.05) is 18.2 Å². The fraction of sp³-hybridized carbons (Fsp3) is 0.333. The number of carbonyl (C=O) groups excluding carboxylic acids is 2. The Morgan fingerprint density at radius 1 is 1.15 bits per heavy atom. The highest BCUT2D eigenvalue weighted by molar-refractivity contribution is 6.06. The predicted molar refractivity (Wildman–Crippen MR) is 108 cm³/mol. The molecule has 3 rings (SSSR count). The first-order chi connectivity index (χ1) is 13.1. The number of para-hydroxylation sites is 1. The second-order valence-corrected chi connectivity index (χ2v) is 6.74. The molecule has 1 unspecified atom stereocenters. The Labute approximate surface area is 159 Å². The Bertz CT molecular complexity index is 777. The summed E-state index contributed by atoms with van der Waals surface area (Å²) in [6.45, 7) is 3.82. The van der Waals surface area contributed by atoms with Crippen LogP contribution in [0.4, 0.5) is 16.2 Å². The molecule has 1 heterocycles. The fourth-order valence-corrected chi connectivity index (χ4v) is 3.30. The molecule has 0 saturated carbocycles. The van der Waals surface area contributed by atoms with Crippen LogP contribution in [0.25, 0.3) is 0 Å². The van der Waals surface area contributed by atoms with Gasteiger partial charge in [0.1, 0.15) is 0 Å². The van der Waals surface area contributed by atoms with Gasteiger partial charge in [-0.3, -0.25) is 4.79 Å². The summed E-state index contributed by atoms with van der Waals surface area (Å²) < 4.78 is 0. The van der Waals surface area contributed by atoms with Crippen LogP contribution < -0.4 is 16.0 Å². The molecule has 6 nitrogen and oxygen atoms in total. The summed E-state index contributed by atoms with van der Waals surface area (Å²) in [6.07, 6.45) is 1.88. The van der Waals surface area contributed by atoms with Crippen molar-refractivity contribution >= 4 is 23.3 Å². The minimum Gasteiger partial charge on any atom is -0.326 e. The lowest BCUT2D eigenvalue weighted by atomic mass is 10.1. The summed E-state index contributed by atoms with van der Waals surface area (Å²) in [7, 11) is 0. The van der Waals surface area contributed by atoms with Gasteiger partial charge in [0.15, 0.2) is 0 Å². The summed E-state index contributed by atoms with van der Waals surface area (Å²) in [5.41, 5.74) is 8.05. The standard InChI is InChI=1S/C21H26N4O2/c1-2-25(19-8-4-3-5-9-19)20(26)16-10-12-18(13-11-16)23-21(27)24-14-6-7-17(22)15-24/h3-5,8-13,17H,2,6-7,14-15,22H2,1H3,(H,23,27). The number of nitrogens with two attached hydrogens (primary N) is 1. The number of hydrogen-bond donors (Lipinski definition) is 2. The summed E-state index contributed by atoms with van der Waals surface area (Å²) in [4.78, 5) is 28.6. The molecule has 1 atom stereocenters. The van der Waals surface area contributed by atoms with E-state index >= 15 is 0 Å². The third kappa shape index (κ3) is 4.65. The molecule has 3 amide bonds. The number of anilines is 2. The quantitative estimate of drug-likeness (QED) is 0.871. The molecule has 2 aromatic carbocycles. The first-order valence-corrected chi connectivity index (χ1v) is 9.37. The van der Waals surface area contributed by atoms with Gasteiger partial charge in [-0.05, 0) is 56.2 Å². The van der Waals surface area contributed by atoms with Gasteiger partial charge in [-0.2, -0.15) is 0 Å². The number of likely N-dealkylation sites (tertiary alicyclic amines) is 1. The van der Waals surface area contributed by atoms with E-state index in [1.807, 2.05) is 37.3 Å². The average Bonchev–Trinajstić information content (AvgIpc) is 2.70. The lowest BCUT2D eigenvalue weighted by Crippen LogP contribution is -2.47. The number of nitrogens with one attached hydrogen (secondary N) is 1. The van der Waals surface area contributed by atoms with Crippen LogP contribution in [-0.4, -0.2) is 42.5 Å². The van der Waals surface area contributed by atoms with Crippen LogP contribution in [0.15, 0.2) is 54.6 Å². The predicted octanol–water partition coefficient (Wildman–Crippen LogP) is 3.31. The molecule has 142 valence electrons. The van der Waals surface area contributed by atoms with E-state index in [2.05, 4.69) is 5.32 Å². The fourth-order valence-electron chi connectivity index (χ4n) is 3.30. The maximum Gasteiger partial charge on any atom is 0.321 e. The maximum atomic E-state index is 12.8. The molecule has 1 aliphatic rings. The molecule has 1 fully saturated rings. The highest BCUT2D eigenvalue weighted by atomic mass is 16.2. The van der Waals surface area contributed by atoms with Crippen LogP contribution in [0.5, 0.6) is 0 Å². The Hall–Kier alpha value is -2.86. The Balaban J connectivity index is 1.66. The van der Waals surface area contributed by atoms with Crippen LogP contribution in [-0.2, 0) is 0 Å². The number of urea groups is 1. The average molecular weight is 366 g/mol. The van der Waals surface area contributed by atoms with E-state index in [1.165, 1.54) is 0 Å². The number of rotatable bonds is 4. The molecule has 1 saturated heterocycles. The first kappa shape index (κ1) is 18.9. The molecule has 0 aliphatic carbocycles. The lowest BCUT2D eigenvalue weighted by Gasteiger charge is -2.30. The second kappa shape index (κ2) is 8.68. The lowest BCUT2D eigenvalue weighted by molar-refractivity contribution is 0.0988. The third-order valence-corrected chi connectivity index (χ3v) is 4.76.